The maximum atomic E-state index is 13.4. The molecule has 3 aliphatic rings. The topological polar surface area (TPSA) is 97.8 Å². The number of carbonyl (C=O) groups excluding carboxylic acids is 2. The Kier molecular flexibility index (Phi) is 7.62. The number of likely N-dealkylation sites (tertiary alicyclic amines) is 1. The van der Waals surface area contributed by atoms with Gasteiger partial charge in [-0.05, 0) is 49.2 Å². The van der Waals surface area contributed by atoms with Crippen LogP contribution in [0.5, 0.6) is 17.2 Å². The standard InChI is InChI=1S/C28H32N2O7/c1-2-35-21-6-3-5-19(17-21)25-24(26(31)20-7-8-22-23(18-20)37-16-15-36-22)27(32)28(33)30(25)10-4-9-29-11-13-34-14-12-29/h3,5-8,17-18,25,31H,2,4,9-16H2,1H3/b26-24+. The Morgan fingerprint density at radius 3 is 2.57 bits per heavy atom. The average molecular weight is 509 g/mol. The van der Waals surface area contributed by atoms with E-state index in [1.807, 2.05) is 31.2 Å². The van der Waals surface area contributed by atoms with Crippen LogP contribution in [0.2, 0.25) is 0 Å². The molecule has 2 saturated heterocycles. The molecule has 1 unspecified atom stereocenters. The van der Waals surface area contributed by atoms with Crippen molar-refractivity contribution in [2.45, 2.75) is 19.4 Å². The van der Waals surface area contributed by atoms with Gasteiger partial charge in [0.2, 0.25) is 0 Å². The third kappa shape index (κ3) is 5.28. The summed E-state index contributed by atoms with van der Waals surface area (Å²) in [5.74, 6) is 0.145. The van der Waals surface area contributed by atoms with Crippen molar-refractivity contribution in [3.63, 3.8) is 0 Å². The van der Waals surface area contributed by atoms with Crippen molar-refractivity contribution in [3.05, 3.63) is 59.2 Å². The van der Waals surface area contributed by atoms with E-state index in [2.05, 4.69) is 4.90 Å². The fraction of sp³-hybridized carbons (Fsp3) is 0.429. The Labute approximate surface area is 216 Å². The molecule has 37 heavy (non-hydrogen) atoms. The van der Waals surface area contributed by atoms with Gasteiger partial charge < -0.3 is 29.0 Å². The van der Waals surface area contributed by atoms with Gasteiger partial charge in [-0.1, -0.05) is 12.1 Å². The molecule has 1 amide bonds. The third-order valence-corrected chi connectivity index (χ3v) is 6.82. The first-order chi connectivity index (χ1) is 18.1. The van der Waals surface area contributed by atoms with Gasteiger partial charge in [-0.3, -0.25) is 14.5 Å². The van der Waals surface area contributed by atoms with Gasteiger partial charge >= 0.3 is 0 Å². The minimum absolute atomic E-state index is 0.0571. The van der Waals surface area contributed by atoms with E-state index in [9.17, 15) is 14.7 Å². The highest BCUT2D eigenvalue weighted by Gasteiger charge is 2.46. The molecule has 0 saturated carbocycles. The summed E-state index contributed by atoms with van der Waals surface area (Å²) in [5.41, 5.74) is 1.15. The molecule has 0 aliphatic carbocycles. The summed E-state index contributed by atoms with van der Waals surface area (Å²) in [5, 5.41) is 11.4. The highest BCUT2D eigenvalue weighted by atomic mass is 16.6. The van der Waals surface area contributed by atoms with Gasteiger partial charge in [0.15, 0.2) is 11.5 Å². The highest BCUT2D eigenvalue weighted by Crippen LogP contribution is 2.41. The Bertz CT molecular complexity index is 1190. The van der Waals surface area contributed by atoms with Gasteiger partial charge in [0.25, 0.3) is 11.7 Å². The molecule has 1 atom stereocenters. The fourth-order valence-corrected chi connectivity index (χ4v) is 5.03. The summed E-state index contributed by atoms with van der Waals surface area (Å²) >= 11 is 0. The monoisotopic (exact) mass is 508 g/mol. The summed E-state index contributed by atoms with van der Waals surface area (Å²) in [6.07, 6.45) is 0.693. The number of aliphatic hydroxyl groups is 1. The Balaban J connectivity index is 1.50. The molecule has 1 N–H and O–H groups in total. The van der Waals surface area contributed by atoms with E-state index in [-0.39, 0.29) is 11.3 Å². The minimum atomic E-state index is -0.738. The summed E-state index contributed by atoms with van der Waals surface area (Å²) in [6, 6.07) is 11.6. The van der Waals surface area contributed by atoms with Crippen molar-refractivity contribution in [1.82, 2.24) is 9.80 Å². The van der Waals surface area contributed by atoms with Crippen molar-refractivity contribution in [3.8, 4) is 17.2 Å². The zero-order valence-electron chi connectivity index (χ0n) is 21.0. The number of hydrogen-bond donors (Lipinski definition) is 1. The molecule has 0 aromatic heterocycles. The molecule has 3 heterocycles. The van der Waals surface area contributed by atoms with Crippen LogP contribution >= 0.6 is 0 Å². The second-order valence-corrected chi connectivity index (χ2v) is 9.16. The van der Waals surface area contributed by atoms with E-state index in [1.54, 1.807) is 23.1 Å². The van der Waals surface area contributed by atoms with Crippen molar-refractivity contribution in [2.75, 3.05) is 59.2 Å². The molecule has 3 aliphatic heterocycles. The number of aliphatic hydroxyl groups excluding tert-OH is 1. The zero-order chi connectivity index (χ0) is 25.8. The number of rotatable bonds is 8. The van der Waals surface area contributed by atoms with E-state index in [0.717, 1.165) is 19.6 Å². The predicted molar refractivity (Wildman–Crippen MR) is 136 cm³/mol. The van der Waals surface area contributed by atoms with Crippen LogP contribution in [0.3, 0.4) is 0 Å². The van der Waals surface area contributed by atoms with Crippen LogP contribution in [-0.4, -0.2) is 85.8 Å². The van der Waals surface area contributed by atoms with Crippen LogP contribution in [0, 0.1) is 0 Å². The molecular weight excluding hydrogens is 476 g/mol. The number of nitrogens with zero attached hydrogens (tertiary/aromatic N) is 2. The number of benzene rings is 2. The number of fused-ring (bicyclic) bond motifs is 1. The van der Waals surface area contributed by atoms with Crippen LogP contribution in [-0.2, 0) is 14.3 Å². The molecule has 0 spiro atoms. The van der Waals surface area contributed by atoms with Crippen molar-refractivity contribution < 1.29 is 33.6 Å². The molecule has 0 radical (unpaired) electrons. The number of ether oxygens (including phenoxy) is 4. The average Bonchev–Trinajstić information content (AvgIpc) is 3.18. The molecular formula is C28H32N2O7. The fourth-order valence-electron chi connectivity index (χ4n) is 5.03. The van der Waals surface area contributed by atoms with Crippen LogP contribution in [0.1, 0.15) is 30.5 Å². The lowest BCUT2D eigenvalue weighted by atomic mass is 9.95. The maximum Gasteiger partial charge on any atom is 0.295 e. The first kappa shape index (κ1) is 25.1. The number of carbonyl (C=O) groups is 2. The first-order valence-corrected chi connectivity index (χ1v) is 12.8. The van der Waals surface area contributed by atoms with E-state index >= 15 is 0 Å². The first-order valence-electron chi connectivity index (χ1n) is 12.8. The second-order valence-electron chi connectivity index (χ2n) is 9.16. The smallest absolute Gasteiger partial charge is 0.295 e. The molecule has 2 fully saturated rings. The molecule has 5 rings (SSSR count). The summed E-state index contributed by atoms with van der Waals surface area (Å²) in [7, 11) is 0. The lowest BCUT2D eigenvalue weighted by molar-refractivity contribution is -0.140. The van der Waals surface area contributed by atoms with E-state index in [1.165, 1.54) is 0 Å². The van der Waals surface area contributed by atoms with Crippen molar-refractivity contribution in [1.29, 1.82) is 0 Å². The van der Waals surface area contributed by atoms with E-state index in [0.29, 0.717) is 74.4 Å². The van der Waals surface area contributed by atoms with Crippen LogP contribution in [0.15, 0.2) is 48.0 Å². The predicted octanol–water partition coefficient (Wildman–Crippen LogP) is 3.00. The molecule has 196 valence electrons. The number of Topliss-reactive ketones (excluding diaryl/α,β-unsaturated/α-hetero) is 1. The Hall–Kier alpha value is -3.56. The van der Waals surface area contributed by atoms with Gasteiger partial charge in [0.1, 0.15) is 24.7 Å². The molecule has 2 aromatic rings. The van der Waals surface area contributed by atoms with Gasteiger partial charge in [-0.15, -0.1) is 0 Å². The van der Waals surface area contributed by atoms with E-state index in [4.69, 9.17) is 18.9 Å². The summed E-state index contributed by atoms with van der Waals surface area (Å²) in [6.45, 7) is 7.50. The Morgan fingerprint density at radius 2 is 1.78 bits per heavy atom. The SMILES string of the molecule is CCOc1cccc(C2/C(=C(\O)c3ccc4c(c3)OCCO4)C(=O)C(=O)N2CCCN2CCOCC2)c1. The lowest BCUT2D eigenvalue weighted by Crippen LogP contribution is -2.38. The lowest BCUT2D eigenvalue weighted by Gasteiger charge is -2.29. The second kappa shape index (κ2) is 11.2. The molecule has 9 nitrogen and oxygen atoms in total. The van der Waals surface area contributed by atoms with Gasteiger partial charge in [-0.2, -0.15) is 0 Å². The van der Waals surface area contributed by atoms with Crippen LogP contribution in [0.4, 0.5) is 0 Å². The highest BCUT2D eigenvalue weighted by molar-refractivity contribution is 6.46. The van der Waals surface area contributed by atoms with Gasteiger partial charge in [0, 0.05) is 31.7 Å². The summed E-state index contributed by atoms with van der Waals surface area (Å²) in [4.78, 5) is 30.5. The molecule has 0 bridgehead atoms. The normalized spacial score (nSPS) is 21.3. The molecule has 9 heteroatoms. The Morgan fingerprint density at radius 1 is 1.00 bits per heavy atom. The number of amides is 1. The van der Waals surface area contributed by atoms with E-state index < -0.39 is 17.7 Å². The molecule has 2 aromatic carbocycles. The minimum Gasteiger partial charge on any atom is -0.507 e. The summed E-state index contributed by atoms with van der Waals surface area (Å²) < 4.78 is 22.3. The van der Waals surface area contributed by atoms with Crippen LogP contribution < -0.4 is 14.2 Å². The number of ketones is 1. The number of morpholine rings is 1. The van der Waals surface area contributed by atoms with Gasteiger partial charge in [0.05, 0.1) is 31.4 Å². The maximum absolute atomic E-state index is 13.4. The van der Waals surface area contributed by atoms with Gasteiger partial charge in [-0.25, -0.2) is 0 Å². The van der Waals surface area contributed by atoms with Crippen LogP contribution in [0.25, 0.3) is 5.76 Å². The third-order valence-electron chi connectivity index (χ3n) is 6.82. The quantitative estimate of drug-likeness (QED) is 0.330. The largest absolute Gasteiger partial charge is 0.507 e. The van der Waals surface area contributed by atoms with Crippen molar-refractivity contribution in [2.24, 2.45) is 0 Å². The number of hydrogen-bond acceptors (Lipinski definition) is 8. The van der Waals surface area contributed by atoms with Crippen molar-refractivity contribution >= 4 is 17.4 Å². The zero-order valence-corrected chi connectivity index (χ0v) is 21.0.